The fourth-order valence-electron chi connectivity index (χ4n) is 1.64. The quantitative estimate of drug-likeness (QED) is 0.620. The maximum atomic E-state index is 6.28. The summed E-state index contributed by atoms with van der Waals surface area (Å²) in [5.74, 6) is 0.453. The van der Waals surface area contributed by atoms with Gasteiger partial charge in [0, 0.05) is 10.0 Å². The van der Waals surface area contributed by atoms with Crippen LogP contribution in [0.1, 0.15) is 51.7 Å². The Kier molecular flexibility index (Phi) is 3.73. The Balaban J connectivity index is 3.34. The molecule has 1 aromatic rings. The maximum Gasteiger partial charge on any atom is 0.0461 e. The first-order valence-electron chi connectivity index (χ1n) is 5.23. The van der Waals surface area contributed by atoms with E-state index in [0.29, 0.717) is 5.92 Å². The van der Waals surface area contributed by atoms with E-state index in [1.54, 1.807) is 0 Å². The van der Waals surface area contributed by atoms with Crippen LogP contribution in [0.4, 0.5) is 0 Å². The lowest BCUT2D eigenvalue weighted by atomic mass is 9.85. The van der Waals surface area contributed by atoms with Crippen molar-refractivity contribution in [3.05, 3.63) is 33.3 Å². The SMILES string of the molecule is CC(C)c1cc(Cl)c(C(C)(C)C)c(Cl)c1. The molecule has 1 rings (SSSR count). The Morgan fingerprint density at radius 2 is 1.40 bits per heavy atom. The van der Waals surface area contributed by atoms with Gasteiger partial charge in [0.2, 0.25) is 0 Å². The van der Waals surface area contributed by atoms with Crippen LogP contribution in [-0.2, 0) is 5.41 Å². The average molecular weight is 245 g/mol. The molecule has 15 heavy (non-hydrogen) atoms. The van der Waals surface area contributed by atoms with Gasteiger partial charge in [-0.2, -0.15) is 0 Å². The molecule has 0 heterocycles. The fraction of sp³-hybridized carbons (Fsp3) is 0.538. The van der Waals surface area contributed by atoms with Gasteiger partial charge in [-0.25, -0.2) is 0 Å². The Morgan fingerprint density at radius 3 is 1.67 bits per heavy atom. The lowest BCUT2D eigenvalue weighted by molar-refractivity contribution is 0.590. The minimum Gasteiger partial charge on any atom is -0.0840 e. The Bertz CT molecular complexity index is 336. The number of halogens is 2. The molecule has 0 aliphatic carbocycles. The van der Waals surface area contributed by atoms with Crippen LogP contribution in [-0.4, -0.2) is 0 Å². The van der Waals surface area contributed by atoms with Gasteiger partial charge in [0.25, 0.3) is 0 Å². The van der Waals surface area contributed by atoms with E-state index in [-0.39, 0.29) is 5.41 Å². The second-order valence-electron chi connectivity index (χ2n) is 5.26. The Labute approximate surface area is 103 Å². The highest BCUT2D eigenvalue weighted by Gasteiger charge is 2.21. The van der Waals surface area contributed by atoms with Crippen molar-refractivity contribution >= 4 is 23.2 Å². The van der Waals surface area contributed by atoms with E-state index in [4.69, 9.17) is 23.2 Å². The van der Waals surface area contributed by atoms with Gasteiger partial charge in [0.05, 0.1) is 0 Å². The van der Waals surface area contributed by atoms with Gasteiger partial charge in [0.15, 0.2) is 0 Å². The molecular weight excluding hydrogens is 227 g/mol. The third-order valence-corrected chi connectivity index (χ3v) is 3.08. The van der Waals surface area contributed by atoms with Crippen molar-refractivity contribution in [2.45, 2.75) is 46.0 Å². The molecule has 0 bridgehead atoms. The predicted octanol–water partition coefficient (Wildman–Crippen LogP) is 5.41. The first kappa shape index (κ1) is 12.9. The highest BCUT2D eigenvalue weighted by molar-refractivity contribution is 6.36. The normalized spacial score (nSPS) is 12.3. The van der Waals surface area contributed by atoms with E-state index in [0.717, 1.165) is 15.6 Å². The lowest BCUT2D eigenvalue weighted by Gasteiger charge is -2.23. The van der Waals surface area contributed by atoms with Crippen molar-refractivity contribution in [2.24, 2.45) is 0 Å². The molecule has 0 N–H and O–H groups in total. The topological polar surface area (TPSA) is 0 Å². The highest BCUT2D eigenvalue weighted by atomic mass is 35.5. The van der Waals surface area contributed by atoms with Crippen molar-refractivity contribution < 1.29 is 0 Å². The summed E-state index contributed by atoms with van der Waals surface area (Å²) in [4.78, 5) is 0. The molecular formula is C13H18Cl2. The highest BCUT2D eigenvalue weighted by Crippen LogP contribution is 2.37. The zero-order valence-electron chi connectivity index (χ0n) is 9.99. The smallest absolute Gasteiger partial charge is 0.0461 e. The summed E-state index contributed by atoms with van der Waals surface area (Å²) in [6.07, 6.45) is 0. The van der Waals surface area contributed by atoms with Crippen molar-refractivity contribution in [1.82, 2.24) is 0 Å². The van der Waals surface area contributed by atoms with Crippen molar-refractivity contribution in [3.63, 3.8) is 0 Å². The molecule has 0 amide bonds. The number of hydrogen-bond donors (Lipinski definition) is 0. The summed E-state index contributed by atoms with van der Waals surface area (Å²) in [6.45, 7) is 10.6. The third-order valence-electron chi connectivity index (χ3n) is 2.48. The van der Waals surface area contributed by atoms with Crippen LogP contribution in [0.2, 0.25) is 10.0 Å². The molecule has 1 aromatic carbocycles. The van der Waals surface area contributed by atoms with Crippen LogP contribution >= 0.6 is 23.2 Å². The summed E-state index contributed by atoms with van der Waals surface area (Å²) >= 11 is 12.6. The molecule has 0 aliphatic heterocycles. The van der Waals surface area contributed by atoms with Gasteiger partial charge in [-0.15, -0.1) is 0 Å². The first-order valence-corrected chi connectivity index (χ1v) is 5.98. The van der Waals surface area contributed by atoms with Gasteiger partial charge in [0.1, 0.15) is 0 Å². The lowest BCUT2D eigenvalue weighted by Crippen LogP contribution is -2.13. The maximum absolute atomic E-state index is 6.28. The molecule has 0 radical (unpaired) electrons. The van der Waals surface area contributed by atoms with Crippen LogP contribution in [0, 0.1) is 0 Å². The number of hydrogen-bond acceptors (Lipinski definition) is 0. The van der Waals surface area contributed by atoms with E-state index < -0.39 is 0 Å². The number of rotatable bonds is 1. The first-order chi connectivity index (χ1) is 6.73. The van der Waals surface area contributed by atoms with Crippen molar-refractivity contribution in [3.8, 4) is 0 Å². The summed E-state index contributed by atoms with van der Waals surface area (Å²) in [6, 6.07) is 4.05. The molecule has 0 saturated heterocycles. The van der Waals surface area contributed by atoms with E-state index in [2.05, 4.69) is 34.6 Å². The van der Waals surface area contributed by atoms with Crippen LogP contribution in [0.25, 0.3) is 0 Å². The zero-order chi connectivity index (χ0) is 11.8. The molecule has 0 spiro atoms. The largest absolute Gasteiger partial charge is 0.0840 e. The number of benzene rings is 1. The molecule has 0 saturated carbocycles. The van der Waals surface area contributed by atoms with Gasteiger partial charge in [-0.05, 0) is 34.6 Å². The molecule has 0 atom stereocenters. The Morgan fingerprint density at radius 1 is 1.00 bits per heavy atom. The van der Waals surface area contributed by atoms with Gasteiger partial charge in [-0.1, -0.05) is 57.8 Å². The van der Waals surface area contributed by atoms with E-state index in [9.17, 15) is 0 Å². The van der Waals surface area contributed by atoms with Crippen molar-refractivity contribution in [1.29, 1.82) is 0 Å². The van der Waals surface area contributed by atoms with Crippen LogP contribution in [0.3, 0.4) is 0 Å². The summed E-state index contributed by atoms with van der Waals surface area (Å²) in [5, 5.41) is 1.55. The van der Waals surface area contributed by atoms with Crippen molar-refractivity contribution in [2.75, 3.05) is 0 Å². The molecule has 0 aromatic heterocycles. The van der Waals surface area contributed by atoms with Crippen LogP contribution in [0.15, 0.2) is 12.1 Å². The molecule has 0 nitrogen and oxygen atoms in total. The van der Waals surface area contributed by atoms with Gasteiger partial charge < -0.3 is 0 Å². The summed E-state index contributed by atoms with van der Waals surface area (Å²) in [5.41, 5.74) is 2.22. The minimum absolute atomic E-state index is 0.0102. The monoisotopic (exact) mass is 244 g/mol. The van der Waals surface area contributed by atoms with E-state index in [1.807, 2.05) is 12.1 Å². The molecule has 0 fully saturated rings. The standard InChI is InChI=1S/C13H18Cl2/c1-8(2)9-6-10(14)12(11(15)7-9)13(3,4)5/h6-8H,1-5H3. The van der Waals surface area contributed by atoms with Gasteiger partial charge >= 0.3 is 0 Å². The second kappa shape index (κ2) is 4.35. The second-order valence-corrected chi connectivity index (χ2v) is 6.08. The summed E-state index contributed by atoms with van der Waals surface area (Å²) < 4.78 is 0. The molecule has 2 heteroatoms. The fourth-order valence-corrected chi connectivity index (χ4v) is 2.71. The Hall–Kier alpha value is -0.200. The van der Waals surface area contributed by atoms with Crippen LogP contribution in [0.5, 0.6) is 0 Å². The van der Waals surface area contributed by atoms with Crippen LogP contribution < -0.4 is 0 Å². The van der Waals surface area contributed by atoms with E-state index >= 15 is 0 Å². The molecule has 0 unspecified atom stereocenters. The average Bonchev–Trinajstić information content (AvgIpc) is 1.99. The third kappa shape index (κ3) is 2.89. The zero-order valence-corrected chi connectivity index (χ0v) is 11.5. The molecule has 84 valence electrons. The minimum atomic E-state index is -0.0102. The predicted molar refractivity (Wildman–Crippen MR) is 69.3 cm³/mol. The summed E-state index contributed by atoms with van der Waals surface area (Å²) in [7, 11) is 0. The molecule has 0 aliphatic rings. The van der Waals surface area contributed by atoms with E-state index in [1.165, 1.54) is 5.56 Å². The van der Waals surface area contributed by atoms with Gasteiger partial charge in [-0.3, -0.25) is 0 Å².